The summed E-state index contributed by atoms with van der Waals surface area (Å²) >= 11 is 0. The van der Waals surface area contributed by atoms with Gasteiger partial charge in [-0.3, -0.25) is 0 Å². The fourth-order valence-electron chi connectivity index (χ4n) is 9.03. The van der Waals surface area contributed by atoms with Gasteiger partial charge in [-0.1, -0.05) is 124 Å². The van der Waals surface area contributed by atoms with Crippen LogP contribution < -0.4 is 10.2 Å². The molecule has 2 heterocycles. The van der Waals surface area contributed by atoms with Gasteiger partial charge in [0.15, 0.2) is 0 Å². The maximum Gasteiger partial charge on any atom is 0.207 e. The van der Waals surface area contributed by atoms with Crippen LogP contribution in [-0.4, -0.2) is 19.0 Å². The highest BCUT2D eigenvalue weighted by atomic mass is 32.2. The Hall–Kier alpha value is -4.87. The van der Waals surface area contributed by atoms with E-state index in [4.69, 9.17) is 0 Å². The highest BCUT2D eigenvalue weighted by molar-refractivity contribution is 7.95. The monoisotopic (exact) mass is 704 g/mol. The maximum absolute atomic E-state index is 14.7. The number of hydrogen-bond acceptors (Lipinski definition) is 3. The largest absolute Gasteiger partial charge is 0.358 e. The first-order valence-corrected chi connectivity index (χ1v) is 20.6. The third kappa shape index (κ3) is 5.70. The van der Waals surface area contributed by atoms with E-state index in [-0.39, 0.29) is 6.04 Å². The van der Waals surface area contributed by atoms with Crippen molar-refractivity contribution < 1.29 is 8.42 Å². The molecule has 0 fully saturated rings. The topological polar surface area (TPSA) is 42.3 Å². The smallest absolute Gasteiger partial charge is 0.207 e. The molecule has 0 saturated heterocycles. The molecule has 5 aromatic carbocycles. The summed E-state index contributed by atoms with van der Waals surface area (Å²) in [5, 5.41) is 7.40. The van der Waals surface area contributed by atoms with Crippen molar-refractivity contribution >= 4 is 54.0 Å². The summed E-state index contributed by atoms with van der Waals surface area (Å²) in [5.41, 5.74) is 5.54. The third-order valence-electron chi connectivity index (χ3n) is 11.3. The van der Waals surface area contributed by atoms with Gasteiger partial charge in [-0.15, -0.1) is 0 Å². The first kappa shape index (κ1) is 34.2. The number of anilines is 1. The quantitative estimate of drug-likeness (QED) is 0.135. The molecule has 0 bridgehead atoms. The van der Waals surface area contributed by atoms with Crippen molar-refractivity contribution in [1.29, 1.82) is 0 Å². The lowest BCUT2D eigenvalue weighted by atomic mass is 10.0. The molecule has 8 rings (SSSR count). The lowest BCUT2D eigenvalue weighted by Gasteiger charge is -2.33. The van der Waals surface area contributed by atoms with Gasteiger partial charge in [0.1, 0.15) is 0 Å². The molecule has 0 saturated carbocycles. The molecular formula is C47H48N2O2S. The minimum absolute atomic E-state index is 0.0251. The van der Waals surface area contributed by atoms with Crippen LogP contribution >= 0.6 is 0 Å². The van der Waals surface area contributed by atoms with E-state index in [0.717, 1.165) is 42.2 Å². The van der Waals surface area contributed by atoms with Crippen LogP contribution in [0.2, 0.25) is 0 Å². The SMILES string of the molecule is CCCC(C)N1c2cccc3cccc(c23)C1C=CC1=C(S(=O)(=O)c2ccccc2)C(=CC=c2c3cccc4cccc(c43)n2C(C)CCC)CC1. The maximum atomic E-state index is 14.7. The number of rotatable bonds is 11. The van der Waals surface area contributed by atoms with Crippen LogP contribution in [0.3, 0.4) is 0 Å². The van der Waals surface area contributed by atoms with Gasteiger partial charge in [0, 0.05) is 44.8 Å². The first-order chi connectivity index (χ1) is 25.3. The Labute approximate surface area is 308 Å². The van der Waals surface area contributed by atoms with E-state index in [0.29, 0.717) is 34.7 Å². The van der Waals surface area contributed by atoms with Crippen molar-refractivity contribution in [2.45, 2.75) is 89.2 Å². The van der Waals surface area contributed by atoms with Crippen LogP contribution in [0.5, 0.6) is 0 Å². The summed E-state index contributed by atoms with van der Waals surface area (Å²) in [4.78, 5) is 3.34. The minimum Gasteiger partial charge on any atom is -0.358 e. The van der Waals surface area contributed by atoms with E-state index in [1.165, 1.54) is 43.7 Å². The highest BCUT2D eigenvalue weighted by Gasteiger charge is 2.34. The molecule has 5 heteroatoms. The van der Waals surface area contributed by atoms with Gasteiger partial charge < -0.3 is 9.47 Å². The zero-order chi connectivity index (χ0) is 36.0. The fourth-order valence-corrected chi connectivity index (χ4v) is 10.8. The molecule has 2 aliphatic rings. The Bertz CT molecular complexity index is 2550. The molecule has 4 nitrogen and oxygen atoms in total. The standard InChI is InChI=1S/C47H48N2O2S/c1-5-14-32(3)48-41(39-22-10-16-34-18-12-24-43(48)45(34)39)30-28-36-26-27-37(47(36)52(50,51)38-20-8-7-9-21-38)29-31-42-40-23-11-17-35-19-13-25-44(46(35)40)49(42)33(4)15-6-2/h7-13,16-25,28-33,41H,5-6,14-15,26-27H2,1-4H3. The average Bonchev–Trinajstić information content (AvgIpc) is 3.82. The normalized spacial score (nSPS) is 18.7. The van der Waals surface area contributed by atoms with Crippen molar-refractivity contribution in [3.63, 3.8) is 0 Å². The number of sulfone groups is 1. The highest BCUT2D eigenvalue weighted by Crippen LogP contribution is 2.47. The molecule has 0 radical (unpaired) electrons. The van der Waals surface area contributed by atoms with Crippen LogP contribution in [-0.2, 0) is 9.84 Å². The van der Waals surface area contributed by atoms with Gasteiger partial charge >= 0.3 is 0 Å². The van der Waals surface area contributed by atoms with Crippen molar-refractivity contribution in [2.75, 3.05) is 4.90 Å². The van der Waals surface area contributed by atoms with E-state index >= 15 is 0 Å². The summed E-state index contributed by atoms with van der Waals surface area (Å²) in [6.07, 6.45) is 14.4. The van der Waals surface area contributed by atoms with Crippen molar-refractivity contribution in [3.8, 4) is 0 Å². The van der Waals surface area contributed by atoms with Gasteiger partial charge in [0.25, 0.3) is 0 Å². The Balaban J connectivity index is 1.30. The Morgan fingerprint density at radius 1 is 0.731 bits per heavy atom. The van der Waals surface area contributed by atoms with E-state index in [1.807, 2.05) is 18.2 Å². The number of benzene rings is 5. The van der Waals surface area contributed by atoms with Crippen molar-refractivity contribution in [3.05, 3.63) is 148 Å². The van der Waals surface area contributed by atoms with E-state index in [2.05, 4.69) is 134 Å². The Morgan fingerprint density at radius 2 is 1.40 bits per heavy atom. The van der Waals surface area contributed by atoms with Gasteiger partial charge in [0.2, 0.25) is 9.84 Å². The molecule has 1 aliphatic heterocycles. The number of allylic oxidation sites excluding steroid dienone is 4. The van der Waals surface area contributed by atoms with Crippen LogP contribution in [0, 0.1) is 0 Å². The number of nitrogens with zero attached hydrogens (tertiary/aromatic N) is 2. The molecule has 0 N–H and O–H groups in total. The molecule has 1 aliphatic carbocycles. The fraction of sp³-hybridized carbons (Fsp3) is 0.277. The predicted octanol–water partition coefficient (Wildman–Crippen LogP) is 11.6. The molecule has 264 valence electrons. The average molecular weight is 705 g/mol. The summed E-state index contributed by atoms with van der Waals surface area (Å²) in [6.45, 7) is 9.09. The molecule has 0 spiro atoms. The summed E-state index contributed by atoms with van der Waals surface area (Å²) in [5.74, 6) is 0. The molecule has 52 heavy (non-hydrogen) atoms. The van der Waals surface area contributed by atoms with Crippen LogP contribution in [0.15, 0.2) is 142 Å². The van der Waals surface area contributed by atoms with Crippen molar-refractivity contribution in [1.82, 2.24) is 4.57 Å². The molecule has 3 atom stereocenters. The van der Waals surface area contributed by atoms with Gasteiger partial charge in [-0.2, -0.15) is 0 Å². The molecule has 6 aromatic rings. The first-order valence-electron chi connectivity index (χ1n) is 19.1. The molecule has 0 amide bonds. The van der Waals surface area contributed by atoms with Crippen LogP contribution in [0.1, 0.15) is 83.9 Å². The van der Waals surface area contributed by atoms with Gasteiger partial charge in [-0.05, 0) is 97.4 Å². The number of hydrogen-bond donors (Lipinski definition) is 0. The summed E-state index contributed by atoms with van der Waals surface area (Å²) in [7, 11) is -3.79. The van der Waals surface area contributed by atoms with Crippen LogP contribution in [0.25, 0.3) is 38.5 Å². The second kappa shape index (κ2) is 13.9. The molecular weight excluding hydrogens is 657 g/mol. The predicted molar refractivity (Wildman–Crippen MR) is 219 cm³/mol. The molecule has 1 aromatic heterocycles. The number of aromatic nitrogens is 1. The Kier molecular flexibility index (Phi) is 9.17. The van der Waals surface area contributed by atoms with Crippen molar-refractivity contribution in [2.24, 2.45) is 0 Å². The van der Waals surface area contributed by atoms with E-state index in [1.54, 1.807) is 12.1 Å². The minimum atomic E-state index is -3.79. The lowest BCUT2D eigenvalue weighted by molar-refractivity contribution is 0.507. The lowest BCUT2D eigenvalue weighted by Crippen LogP contribution is -2.33. The zero-order valence-electron chi connectivity index (χ0n) is 30.7. The summed E-state index contributed by atoms with van der Waals surface area (Å²) in [6, 6.07) is 35.9. The van der Waals surface area contributed by atoms with E-state index in [9.17, 15) is 8.42 Å². The second-order valence-corrected chi connectivity index (χ2v) is 16.6. The summed E-state index contributed by atoms with van der Waals surface area (Å²) < 4.78 is 31.8. The molecule has 3 unspecified atom stereocenters. The third-order valence-corrected chi connectivity index (χ3v) is 13.3. The zero-order valence-corrected chi connectivity index (χ0v) is 31.5. The van der Waals surface area contributed by atoms with Crippen LogP contribution in [0.4, 0.5) is 5.69 Å². The second-order valence-electron chi connectivity index (χ2n) is 14.7. The van der Waals surface area contributed by atoms with Gasteiger partial charge in [-0.25, -0.2) is 8.42 Å². The van der Waals surface area contributed by atoms with E-state index < -0.39 is 9.84 Å². The van der Waals surface area contributed by atoms with Gasteiger partial charge in [0.05, 0.1) is 15.8 Å². The Morgan fingerprint density at radius 3 is 2.15 bits per heavy atom.